The fraction of sp³-hybridized carbons (Fsp3) is 0.400. The van der Waals surface area contributed by atoms with Gasteiger partial charge in [-0.2, -0.15) is 0 Å². The second-order valence-corrected chi connectivity index (χ2v) is 6.57. The van der Waals surface area contributed by atoms with Crippen molar-refractivity contribution in [1.82, 2.24) is 9.88 Å². The van der Waals surface area contributed by atoms with Crippen LogP contribution in [0.3, 0.4) is 0 Å². The summed E-state index contributed by atoms with van der Waals surface area (Å²) in [5.74, 6) is 1.84. The average molecular weight is 339 g/mol. The molecule has 1 aromatic heterocycles. The van der Waals surface area contributed by atoms with E-state index in [4.69, 9.17) is 4.74 Å². The lowest BCUT2D eigenvalue weighted by Crippen LogP contribution is -2.50. The van der Waals surface area contributed by atoms with E-state index in [0.717, 1.165) is 35.8 Å². The molecule has 1 saturated heterocycles. The Hall–Kier alpha value is -2.56. The van der Waals surface area contributed by atoms with Crippen LogP contribution >= 0.6 is 0 Å². The van der Waals surface area contributed by atoms with Crippen molar-refractivity contribution >= 4 is 11.7 Å². The molecular weight excluding hydrogens is 314 g/mol. The topological polar surface area (TPSA) is 45.7 Å². The first kappa shape index (κ1) is 17.3. The van der Waals surface area contributed by atoms with Crippen LogP contribution < -0.4 is 9.64 Å². The normalized spacial score (nSPS) is 14.5. The van der Waals surface area contributed by atoms with Crippen molar-refractivity contribution in [2.45, 2.75) is 20.8 Å². The van der Waals surface area contributed by atoms with E-state index < -0.39 is 0 Å². The van der Waals surface area contributed by atoms with E-state index in [2.05, 4.69) is 28.9 Å². The molecule has 5 nitrogen and oxygen atoms in total. The molecule has 1 amide bonds. The van der Waals surface area contributed by atoms with Crippen molar-refractivity contribution in [2.75, 3.05) is 37.7 Å². The molecule has 0 spiro atoms. The van der Waals surface area contributed by atoms with Crippen LogP contribution in [0.1, 0.15) is 16.7 Å². The van der Waals surface area contributed by atoms with Gasteiger partial charge in [-0.05, 0) is 44.0 Å². The van der Waals surface area contributed by atoms with Gasteiger partial charge in [-0.15, -0.1) is 0 Å². The number of hydrogen-bond acceptors (Lipinski definition) is 4. The van der Waals surface area contributed by atoms with Crippen LogP contribution in [-0.4, -0.2) is 48.6 Å². The second-order valence-electron chi connectivity index (χ2n) is 6.57. The minimum Gasteiger partial charge on any atom is -0.483 e. The Morgan fingerprint density at radius 3 is 2.36 bits per heavy atom. The monoisotopic (exact) mass is 339 g/mol. The maximum atomic E-state index is 12.5. The Bertz CT molecular complexity index is 715. The van der Waals surface area contributed by atoms with Gasteiger partial charge >= 0.3 is 0 Å². The van der Waals surface area contributed by atoms with E-state index >= 15 is 0 Å². The van der Waals surface area contributed by atoms with E-state index in [1.807, 2.05) is 36.9 Å². The van der Waals surface area contributed by atoms with Gasteiger partial charge in [-0.25, -0.2) is 4.98 Å². The van der Waals surface area contributed by atoms with Gasteiger partial charge in [0.05, 0.1) is 0 Å². The molecule has 0 aliphatic carbocycles. The van der Waals surface area contributed by atoms with Crippen molar-refractivity contribution in [3.8, 4) is 5.75 Å². The smallest absolute Gasteiger partial charge is 0.260 e. The second kappa shape index (κ2) is 7.55. The summed E-state index contributed by atoms with van der Waals surface area (Å²) < 4.78 is 5.83. The van der Waals surface area contributed by atoms with Gasteiger partial charge in [0, 0.05) is 32.4 Å². The van der Waals surface area contributed by atoms with Gasteiger partial charge in [0.15, 0.2) is 6.61 Å². The number of rotatable bonds is 4. The van der Waals surface area contributed by atoms with Crippen LogP contribution in [0.15, 0.2) is 36.5 Å². The molecule has 2 aromatic rings. The quantitative estimate of drug-likeness (QED) is 0.859. The lowest BCUT2D eigenvalue weighted by Gasteiger charge is -2.35. The van der Waals surface area contributed by atoms with E-state index in [0.29, 0.717) is 13.1 Å². The summed E-state index contributed by atoms with van der Waals surface area (Å²) >= 11 is 0. The fourth-order valence-corrected chi connectivity index (χ4v) is 3.35. The zero-order valence-electron chi connectivity index (χ0n) is 15.2. The number of aromatic nitrogens is 1. The summed E-state index contributed by atoms with van der Waals surface area (Å²) in [5, 5.41) is 0. The number of nitrogens with zero attached hydrogens (tertiary/aromatic N) is 3. The molecule has 0 unspecified atom stereocenters. The summed E-state index contributed by atoms with van der Waals surface area (Å²) in [4.78, 5) is 20.9. The van der Waals surface area contributed by atoms with Gasteiger partial charge < -0.3 is 14.5 Å². The highest BCUT2D eigenvalue weighted by molar-refractivity contribution is 5.78. The standard InChI is InChI=1S/C20H25N3O2/c1-15-12-16(2)20(17(3)13-15)25-14-19(24)23-10-8-22(9-11-23)18-6-4-5-7-21-18/h4-7,12-13H,8-11,14H2,1-3H3. The first-order chi connectivity index (χ1) is 12.0. The third-order valence-corrected chi connectivity index (χ3v) is 4.55. The molecule has 0 radical (unpaired) electrons. The van der Waals surface area contributed by atoms with Crippen molar-refractivity contribution in [3.63, 3.8) is 0 Å². The Morgan fingerprint density at radius 1 is 1.08 bits per heavy atom. The molecule has 1 aliphatic heterocycles. The minimum atomic E-state index is 0.0417. The molecule has 0 saturated carbocycles. The Morgan fingerprint density at radius 2 is 1.76 bits per heavy atom. The Labute approximate surface area is 149 Å². The average Bonchev–Trinajstić information content (AvgIpc) is 2.61. The number of amides is 1. The van der Waals surface area contributed by atoms with Crippen LogP contribution in [0.5, 0.6) is 5.75 Å². The number of piperazine rings is 1. The van der Waals surface area contributed by atoms with Crippen LogP contribution in [-0.2, 0) is 4.79 Å². The van der Waals surface area contributed by atoms with E-state index in [9.17, 15) is 4.79 Å². The number of ether oxygens (including phenoxy) is 1. The fourth-order valence-electron chi connectivity index (χ4n) is 3.35. The zero-order valence-corrected chi connectivity index (χ0v) is 15.2. The third-order valence-electron chi connectivity index (χ3n) is 4.55. The molecule has 0 bridgehead atoms. The zero-order chi connectivity index (χ0) is 17.8. The van der Waals surface area contributed by atoms with Crippen LogP contribution in [0, 0.1) is 20.8 Å². The lowest BCUT2D eigenvalue weighted by atomic mass is 10.1. The number of aryl methyl sites for hydroxylation is 3. The molecule has 1 fully saturated rings. The molecule has 1 aromatic carbocycles. The molecule has 5 heteroatoms. The molecule has 0 N–H and O–H groups in total. The number of pyridine rings is 1. The summed E-state index contributed by atoms with van der Waals surface area (Å²) in [6.07, 6.45) is 1.80. The highest BCUT2D eigenvalue weighted by Gasteiger charge is 2.22. The maximum absolute atomic E-state index is 12.5. The number of carbonyl (C=O) groups is 1. The van der Waals surface area contributed by atoms with Gasteiger partial charge in [0.25, 0.3) is 5.91 Å². The van der Waals surface area contributed by atoms with Gasteiger partial charge in [0.2, 0.25) is 0 Å². The Balaban J connectivity index is 1.53. The third kappa shape index (κ3) is 4.10. The highest BCUT2D eigenvalue weighted by atomic mass is 16.5. The summed E-state index contributed by atoms with van der Waals surface area (Å²) in [6, 6.07) is 10.1. The number of anilines is 1. The van der Waals surface area contributed by atoms with Crippen molar-refractivity contribution in [1.29, 1.82) is 0 Å². The Kier molecular flexibility index (Phi) is 5.22. The highest BCUT2D eigenvalue weighted by Crippen LogP contribution is 2.24. The molecule has 2 heterocycles. The maximum Gasteiger partial charge on any atom is 0.260 e. The summed E-state index contributed by atoms with van der Waals surface area (Å²) in [5.41, 5.74) is 3.36. The SMILES string of the molecule is Cc1cc(C)c(OCC(=O)N2CCN(c3ccccn3)CC2)c(C)c1. The van der Waals surface area contributed by atoms with E-state index in [1.165, 1.54) is 5.56 Å². The molecular formula is C20H25N3O2. The molecule has 25 heavy (non-hydrogen) atoms. The van der Waals surface area contributed by atoms with Crippen LogP contribution in [0.25, 0.3) is 0 Å². The van der Waals surface area contributed by atoms with Crippen LogP contribution in [0.2, 0.25) is 0 Å². The molecule has 0 atom stereocenters. The predicted molar refractivity (Wildman–Crippen MR) is 99.2 cm³/mol. The van der Waals surface area contributed by atoms with Gasteiger partial charge in [-0.1, -0.05) is 23.8 Å². The first-order valence-corrected chi connectivity index (χ1v) is 8.69. The number of carbonyl (C=O) groups excluding carboxylic acids is 1. The van der Waals surface area contributed by atoms with Crippen LogP contribution in [0.4, 0.5) is 5.82 Å². The van der Waals surface area contributed by atoms with Gasteiger partial charge in [0.1, 0.15) is 11.6 Å². The predicted octanol–water partition coefficient (Wildman–Crippen LogP) is 2.73. The summed E-state index contributed by atoms with van der Waals surface area (Å²) in [6.45, 7) is 9.19. The van der Waals surface area contributed by atoms with E-state index in [-0.39, 0.29) is 12.5 Å². The minimum absolute atomic E-state index is 0.0417. The molecule has 1 aliphatic rings. The summed E-state index contributed by atoms with van der Waals surface area (Å²) in [7, 11) is 0. The number of hydrogen-bond donors (Lipinski definition) is 0. The van der Waals surface area contributed by atoms with Crippen molar-refractivity contribution < 1.29 is 9.53 Å². The van der Waals surface area contributed by atoms with E-state index in [1.54, 1.807) is 6.20 Å². The number of benzene rings is 1. The van der Waals surface area contributed by atoms with Crippen molar-refractivity contribution in [3.05, 3.63) is 53.2 Å². The van der Waals surface area contributed by atoms with Gasteiger partial charge in [-0.3, -0.25) is 4.79 Å². The largest absolute Gasteiger partial charge is 0.483 e. The lowest BCUT2D eigenvalue weighted by molar-refractivity contribution is -0.133. The van der Waals surface area contributed by atoms with Crippen molar-refractivity contribution in [2.24, 2.45) is 0 Å². The molecule has 3 rings (SSSR count). The first-order valence-electron chi connectivity index (χ1n) is 8.69. The molecule has 132 valence electrons.